The predicted octanol–water partition coefficient (Wildman–Crippen LogP) is -0.0749. The van der Waals surface area contributed by atoms with E-state index in [1.807, 2.05) is 0 Å². The van der Waals surface area contributed by atoms with Gasteiger partial charge in [0.25, 0.3) is 0 Å². The Balaban J connectivity index is 2.20. The van der Waals surface area contributed by atoms with Crippen molar-refractivity contribution in [2.24, 2.45) is 5.92 Å². The van der Waals surface area contributed by atoms with Crippen molar-refractivity contribution >= 4 is 5.97 Å². The van der Waals surface area contributed by atoms with Gasteiger partial charge in [-0.1, -0.05) is 5.21 Å². The predicted molar refractivity (Wildman–Crippen MR) is 39.5 cm³/mol. The van der Waals surface area contributed by atoms with Crippen molar-refractivity contribution < 1.29 is 9.90 Å². The molecule has 0 unspecified atom stereocenters. The topological polar surface area (TPSA) is 68.0 Å². The molecule has 0 radical (unpaired) electrons. The first-order chi connectivity index (χ1) is 5.77. The van der Waals surface area contributed by atoms with Crippen LogP contribution in [-0.2, 0) is 17.8 Å². The van der Waals surface area contributed by atoms with Crippen LogP contribution in [0.3, 0.4) is 0 Å². The summed E-state index contributed by atoms with van der Waals surface area (Å²) in [6, 6.07) is 0. The number of carbonyl (C=O) groups is 1. The van der Waals surface area contributed by atoms with Gasteiger partial charge in [-0.2, -0.15) is 0 Å². The number of hydrogen-bond acceptors (Lipinski definition) is 3. The second kappa shape index (κ2) is 2.58. The monoisotopic (exact) mass is 167 g/mol. The van der Waals surface area contributed by atoms with E-state index >= 15 is 0 Å². The Labute approximate surface area is 69.0 Å². The molecule has 0 spiro atoms. The maximum Gasteiger partial charge on any atom is 0.306 e. The summed E-state index contributed by atoms with van der Waals surface area (Å²) in [5, 5.41) is 16.3. The third-order valence-corrected chi connectivity index (χ3v) is 2.19. The molecule has 1 aromatic heterocycles. The number of carboxylic acids is 1. The first kappa shape index (κ1) is 7.27. The molecule has 64 valence electrons. The fraction of sp³-hybridized carbons (Fsp3) is 0.571. The smallest absolute Gasteiger partial charge is 0.306 e. The Morgan fingerprint density at radius 2 is 2.58 bits per heavy atom. The molecule has 1 aromatic rings. The van der Waals surface area contributed by atoms with E-state index in [1.54, 1.807) is 10.9 Å². The van der Waals surface area contributed by atoms with Crippen molar-refractivity contribution in [3.8, 4) is 0 Å². The van der Waals surface area contributed by atoms with Gasteiger partial charge < -0.3 is 5.11 Å². The Kier molecular flexibility index (Phi) is 1.56. The summed E-state index contributed by atoms with van der Waals surface area (Å²) in [4.78, 5) is 10.6. The van der Waals surface area contributed by atoms with Crippen LogP contribution in [0.1, 0.15) is 12.1 Å². The van der Waals surface area contributed by atoms with Crippen LogP contribution in [0.2, 0.25) is 0 Å². The summed E-state index contributed by atoms with van der Waals surface area (Å²) in [5.41, 5.74) is 0.925. The fourth-order valence-electron chi connectivity index (χ4n) is 1.47. The van der Waals surface area contributed by atoms with Gasteiger partial charge >= 0.3 is 5.97 Å². The third kappa shape index (κ3) is 1.07. The number of hydrogen-bond donors (Lipinski definition) is 1. The molecule has 1 aliphatic heterocycles. The molecule has 0 aromatic carbocycles. The summed E-state index contributed by atoms with van der Waals surface area (Å²) in [6.45, 7) is 0.673. The minimum atomic E-state index is -0.720. The van der Waals surface area contributed by atoms with Gasteiger partial charge in [0, 0.05) is 13.0 Å². The van der Waals surface area contributed by atoms with E-state index in [0.717, 1.165) is 5.69 Å². The Hall–Kier alpha value is -1.39. The number of aromatic nitrogens is 3. The average Bonchev–Trinajstić information content (AvgIpc) is 2.49. The summed E-state index contributed by atoms with van der Waals surface area (Å²) < 4.78 is 1.76. The van der Waals surface area contributed by atoms with Gasteiger partial charge in [-0.25, -0.2) is 4.68 Å². The van der Waals surface area contributed by atoms with Crippen molar-refractivity contribution in [2.45, 2.75) is 19.4 Å². The summed E-state index contributed by atoms with van der Waals surface area (Å²) in [7, 11) is 0. The molecular weight excluding hydrogens is 158 g/mol. The van der Waals surface area contributed by atoms with Crippen LogP contribution in [0, 0.1) is 5.92 Å². The highest BCUT2D eigenvalue weighted by Gasteiger charge is 2.24. The molecule has 1 N–H and O–H groups in total. The Morgan fingerprint density at radius 3 is 3.33 bits per heavy atom. The molecule has 0 aliphatic carbocycles. The lowest BCUT2D eigenvalue weighted by atomic mass is 9.97. The molecule has 2 heterocycles. The van der Waals surface area contributed by atoms with E-state index in [4.69, 9.17) is 5.11 Å². The normalized spacial score (nSPS) is 21.8. The van der Waals surface area contributed by atoms with E-state index in [9.17, 15) is 4.79 Å². The number of rotatable bonds is 1. The SMILES string of the molecule is O=C(O)[C@@H]1CCn2nncc2C1. The molecule has 5 nitrogen and oxygen atoms in total. The van der Waals surface area contributed by atoms with E-state index in [2.05, 4.69) is 10.3 Å². The minimum Gasteiger partial charge on any atom is -0.481 e. The first-order valence-corrected chi connectivity index (χ1v) is 3.87. The van der Waals surface area contributed by atoms with Gasteiger partial charge in [0.2, 0.25) is 0 Å². The molecule has 1 atom stereocenters. The zero-order valence-corrected chi connectivity index (χ0v) is 6.47. The number of fused-ring (bicyclic) bond motifs is 1. The van der Waals surface area contributed by atoms with Crippen molar-refractivity contribution in [1.82, 2.24) is 15.0 Å². The highest BCUT2D eigenvalue weighted by molar-refractivity contribution is 5.70. The summed E-state index contributed by atoms with van der Waals surface area (Å²) in [5.74, 6) is -0.974. The van der Waals surface area contributed by atoms with Crippen molar-refractivity contribution in [1.29, 1.82) is 0 Å². The average molecular weight is 167 g/mol. The van der Waals surface area contributed by atoms with E-state index < -0.39 is 5.97 Å². The number of carboxylic acid groups (broad SMARTS) is 1. The molecule has 0 bridgehead atoms. The van der Waals surface area contributed by atoms with E-state index in [-0.39, 0.29) is 5.92 Å². The fourth-order valence-corrected chi connectivity index (χ4v) is 1.47. The van der Waals surface area contributed by atoms with Crippen LogP contribution in [-0.4, -0.2) is 26.1 Å². The largest absolute Gasteiger partial charge is 0.481 e. The Morgan fingerprint density at radius 1 is 1.75 bits per heavy atom. The second-order valence-electron chi connectivity index (χ2n) is 2.98. The number of nitrogens with zero attached hydrogens (tertiary/aromatic N) is 3. The van der Waals surface area contributed by atoms with Crippen molar-refractivity contribution in [2.75, 3.05) is 0 Å². The van der Waals surface area contributed by atoms with Gasteiger partial charge in [-0.05, 0) is 6.42 Å². The Bertz CT molecular complexity index is 307. The zero-order chi connectivity index (χ0) is 8.55. The molecule has 5 heteroatoms. The van der Waals surface area contributed by atoms with E-state index in [0.29, 0.717) is 19.4 Å². The van der Waals surface area contributed by atoms with Gasteiger partial charge in [0.15, 0.2) is 0 Å². The van der Waals surface area contributed by atoms with Crippen LogP contribution < -0.4 is 0 Å². The lowest BCUT2D eigenvalue weighted by Crippen LogP contribution is -2.25. The first-order valence-electron chi connectivity index (χ1n) is 3.87. The zero-order valence-electron chi connectivity index (χ0n) is 6.47. The summed E-state index contributed by atoms with van der Waals surface area (Å²) in [6.07, 6.45) is 2.85. The molecule has 0 fully saturated rings. The number of aryl methyl sites for hydroxylation is 1. The van der Waals surface area contributed by atoms with Crippen LogP contribution in [0.4, 0.5) is 0 Å². The summed E-state index contributed by atoms with van der Waals surface area (Å²) >= 11 is 0. The molecule has 1 aliphatic rings. The van der Waals surface area contributed by atoms with Crippen LogP contribution in [0.15, 0.2) is 6.20 Å². The lowest BCUT2D eigenvalue weighted by Gasteiger charge is -2.18. The van der Waals surface area contributed by atoms with Crippen molar-refractivity contribution in [3.63, 3.8) is 0 Å². The van der Waals surface area contributed by atoms with Crippen LogP contribution in [0.5, 0.6) is 0 Å². The molecule has 2 rings (SSSR count). The molecule has 0 saturated carbocycles. The highest BCUT2D eigenvalue weighted by Crippen LogP contribution is 2.18. The quantitative estimate of drug-likeness (QED) is 0.635. The van der Waals surface area contributed by atoms with Crippen LogP contribution in [0.25, 0.3) is 0 Å². The maximum atomic E-state index is 10.6. The third-order valence-electron chi connectivity index (χ3n) is 2.19. The second-order valence-corrected chi connectivity index (χ2v) is 2.98. The molecule has 0 amide bonds. The minimum absolute atomic E-state index is 0.254. The lowest BCUT2D eigenvalue weighted by molar-refractivity contribution is -0.142. The van der Waals surface area contributed by atoms with E-state index in [1.165, 1.54) is 0 Å². The highest BCUT2D eigenvalue weighted by atomic mass is 16.4. The molecular formula is C7H9N3O2. The van der Waals surface area contributed by atoms with Gasteiger partial charge in [0.1, 0.15) is 0 Å². The number of aliphatic carboxylic acids is 1. The van der Waals surface area contributed by atoms with Crippen molar-refractivity contribution in [3.05, 3.63) is 11.9 Å². The van der Waals surface area contributed by atoms with Crippen LogP contribution >= 0.6 is 0 Å². The standard InChI is InChI=1S/C7H9N3O2/c11-7(12)5-1-2-10-6(3-5)4-8-9-10/h4-5H,1-3H2,(H,11,12)/t5-/m1/s1. The molecule has 0 saturated heterocycles. The molecule has 12 heavy (non-hydrogen) atoms. The van der Waals surface area contributed by atoms with Gasteiger partial charge in [-0.15, -0.1) is 5.10 Å². The van der Waals surface area contributed by atoms with Gasteiger partial charge in [-0.3, -0.25) is 4.79 Å². The van der Waals surface area contributed by atoms with Gasteiger partial charge in [0.05, 0.1) is 17.8 Å². The maximum absolute atomic E-state index is 10.6.